The summed E-state index contributed by atoms with van der Waals surface area (Å²) in [5, 5.41) is 10.7. The van der Waals surface area contributed by atoms with E-state index in [1.807, 2.05) is 23.9 Å². The van der Waals surface area contributed by atoms with Crippen LogP contribution in [-0.4, -0.2) is 94.7 Å². The lowest BCUT2D eigenvalue weighted by Crippen LogP contribution is -2.54. The average molecular weight is 420 g/mol. The molecule has 9 nitrogen and oxygen atoms in total. The van der Waals surface area contributed by atoms with Crippen molar-refractivity contribution in [2.45, 2.75) is 37.5 Å². The molecule has 0 spiro atoms. The molecule has 2 fully saturated rings. The molecule has 0 saturated carbocycles. The molecule has 1 N–H and O–H groups in total. The molecule has 2 aliphatic heterocycles. The van der Waals surface area contributed by atoms with Gasteiger partial charge in [0.1, 0.15) is 0 Å². The molecular weight excluding hydrogens is 397 g/mol. The third-order valence-corrected chi connectivity index (χ3v) is 4.82. The Hall–Kier alpha value is -2.63. The quantitative estimate of drug-likeness (QED) is 0.777. The fourth-order valence-corrected chi connectivity index (χ4v) is 3.47. The highest BCUT2D eigenvalue weighted by molar-refractivity contribution is 5.92. The van der Waals surface area contributed by atoms with Gasteiger partial charge in [0.2, 0.25) is 11.7 Å². The summed E-state index contributed by atoms with van der Waals surface area (Å²) in [5.41, 5.74) is 0. The second-order valence-corrected chi connectivity index (χ2v) is 7.03. The van der Waals surface area contributed by atoms with Crippen molar-refractivity contribution >= 4 is 17.8 Å². The summed E-state index contributed by atoms with van der Waals surface area (Å²) in [5.74, 6) is -2.39. The number of fused-ring (bicyclic) bond motifs is 1. The highest BCUT2D eigenvalue weighted by Gasteiger charge is 2.45. The molecule has 3 rings (SSSR count). The van der Waals surface area contributed by atoms with Crippen LogP contribution in [0, 0.1) is 0 Å². The number of amides is 2. The minimum atomic E-state index is -5.08. The molecular formula is C17H23F3N4O5. The third kappa shape index (κ3) is 5.68. The standard InChI is InChI=1S/C15H22N4O3.C2HF3O2/c1-17(2)9-10-18-12-6-8-19(11(12)3-4-14(18)20)15(21)13-5-7-16-22-13;3-2(4,5)1(6)7/h5,7,11-12H,3-4,6,8-10H2,1-2H3;(H,6,7)/t11-,12-;/m1./s1. The molecule has 2 saturated heterocycles. The molecule has 0 bridgehead atoms. The second-order valence-electron chi connectivity index (χ2n) is 7.03. The number of piperidine rings is 1. The SMILES string of the molecule is CN(C)CCN1C(=O)CC[C@@H]2[C@H]1CCN2C(=O)c1ccno1.O=C(O)C(F)(F)F. The first-order valence-electron chi connectivity index (χ1n) is 8.98. The Kier molecular flexibility index (Phi) is 7.22. The summed E-state index contributed by atoms with van der Waals surface area (Å²) >= 11 is 0. The van der Waals surface area contributed by atoms with E-state index in [0.717, 1.165) is 25.9 Å². The van der Waals surface area contributed by atoms with Gasteiger partial charge in [0, 0.05) is 32.1 Å². The number of carbonyl (C=O) groups excluding carboxylic acids is 2. The maximum absolute atomic E-state index is 12.5. The Morgan fingerprint density at radius 2 is 1.97 bits per heavy atom. The molecule has 2 atom stereocenters. The monoisotopic (exact) mass is 420 g/mol. The van der Waals surface area contributed by atoms with Crippen molar-refractivity contribution in [3.8, 4) is 0 Å². The number of aromatic nitrogens is 1. The maximum atomic E-state index is 12.5. The minimum Gasteiger partial charge on any atom is -0.475 e. The zero-order valence-corrected chi connectivity index (χ0v) is 16.1. The number of carbonyl (C=O) groups is 3. The van der Waals surface area contributed by atoms with Crippen LogP contribution in [-0.2, 0) is 9.59 Å². The Labute approximate surface area is 165 Å². The van der Waals surface area contributed by atoms with E-state index < -0.39 is 12.1 Å². The third-order valence-electron chi connectivity index (χ3n) is 4.82. The van der Waals surface area contributed by atoms with Crippen LogP contribution in [0.25, 0.3) is 0 Å². The van der Waals surface area contributed by atoms with Crippen LogP contribution in [0.15, 0.2) is 16.8 Å². The van der Waals surface area contributed by atoms with Crippen molar-refractivity contribution in [1.82, 2.24) is 19.9 Å². The molecule has 0 aromatic carbocycles. The maximum Gasteiger partial charge on any atom is 0.490 e. The van der Waals surface area contributed by atoms with Crippen molar-refractivity contribution in [3.05, 3.63) is 18.0 Å². The molecule has 1 aromatic heterocycles. The van der Waals surface area contributed by atoms with E-state index in [9.17, 15) is 22.8 Å². The molecule has 12 heteroatoms. The van der Waals surface area contributed by atoms with Crippen molar-refractivity contribution in [2.24, 2.45) is 0 Å². The van der Waals surface area contributed by atoms with Crippen molar-refractivity contribution in [3.63, 3.8) is 0 Å². The number of rotatable bonds is 4. The molecule has 2 aliphatic rings. The van der Waals surface area contributed by atoms with Crippen LogP contribution in [0.1, 0.15) is 29.8 Å². The lowest BCUT2D eigenvalue weighted by molar-refractivity contribution is -0.192. The Bertz CT molecular complexity index is 723. The zero-order chi connectivity index (χ0) is 21.8. The molecule has 29 heavy (non-hydrogen) atoms. The van der Waals surface area contributed by atoms with E-state index >= 15 is 0 Å². The predicted octanol–water partition coefficient (Wildman–Crippen LogP) is 1.07. The first-order chi connectivity index (χ1) is 13.5. The van der Waals surface area contributed by atoms with Gasteiger partial charge >= 0.3 is 12.1 Å². The van der Waals surface area contributed by atoms with Crippen LogP contribution in [0.3, 0.4) is 0 Å². The number of nitrogens with zero attached hydrogens (tertiary/aromatic N) is 4. The Morgan fingerprint density at radius 1 is 1.31 bits per heavy atom. The fourth-order valence-electron chi connectivity index (χ4n) is 3.47. The van der Waals surface area contributed by atoms with Gasteiger partial charge in [0.15, 0.2) is 0 Å². The fraction of sp³-hybridized carbons (Fsp3) is 0.647. The zero-order valence-electron chi connectivity index (χ0n) is 16.1. The lowest BCUT2D eigenvalue weighted by Gasteiger charge is -2.40. The van der Waals surface area contributed by atoms with E-state index in [1.165, 1.54) is 6.20 Å². The Morgan fingerprint density at radius 3 is 2.48 bits per heavy atom. The number of alkyl halides is 3. The van der Waals surface area contributed by atoms with E-state index in [0.29, 0.717) is 13.0 Å². The van der Waals surface area contributed by atoms with E-state index in [2.05, 4.69) is 10.1 Å². The number of hydrogen-bond donors (Lipinski definition) is 1. The Balaban J connectivity index is 0.000000370. The van der Waals surface area contributed by atoms with Gasteiger partial charge in [-0.3, -0.25) is 9.59 Å². The largest absolute Gasteiger partial charge is 0.490 e. The van der Waals surface area contributed by atoms with Gasteiger partial charge in [0.05, 0.1) is 18.3 Å². The molecule has 0 aliphatic carbocycles. The minimum absolute atomic E-state index is 0.0949. The number of likely N-dealkylation sites (tertiary alicyclic amines) is 2. The van der Waals surface area contributed by atoms with Gasteiger partial charge in [-0.2, -0.15) is 13.2 Å². The van der Waals surface area contributed by atoms with Crippen LogP contribution in [0.4, 0.5) is 13.2 Å². The van der Waals surface area contributed by atoms with Gasteiger partial charge in [-0.15, -0.1) is 0 Å². The summed E-state index contributed by atoms with van der Waals surface area (Å²) in [4.78, 5) is 39.5. The summed E-state index contributed by atoms with van der Waals surface area (Å²) in [7, 11) is 4.00. The molecule has 0 radical (unpaired) electrons. The van der Waals surface area contributed by atoms with Crippen LogP contribution >= 0.6 is 0 Å². The number of likely N-dealkylation sites (N-methyl/N-ethyl adjacent to an activating group) is 1. The molecule has 2 amide bonds. The molecule has 162 valence electrons. The topological polar surface area (TPSA) is 107 Å². The number of halogens is 3. The average Bonchev–Trinajstić information content (AvgIpc) is 3.29. The first kappa shape index (κ1) is 22.7. The van der Waals surface area contributed by atoms with Crippen molar-refractivity contribution < 1.29 is 37.2 Å². The van der Waals surface area contributed by atoms with Crippen molar-refractivity contribution in [1.29, 1.82) is 0 Å². The summed E-state index contributed by atoms with van der Waals surface area (Å²) in [6.45, 7) is 2.23. The van der Waals surface area contributed by atoms with E-state index in [4.69, 9.17) is 14.4 Å². The van der Waals surface area contributed by atoms with E-state index in [1.54, 1.807) is 6.07 Å². The first-order valence-corrected chi connectivity index (χ1v) is 8.98. The van der Waals surface area contributed by atoms with Gasteiger partial charge in [-0.05, 0) is 26.9 Å². The molecule has 1 aromatic rings. The van der Waals surface area contributed by atoms with Crippen LogP contribution in [0.2, 0.25) is 0 Å². The number of carboxylic acids is 1. The van der Waals surface area contributed by atoms with Gasteiger partial charge in [-0.1, -0.05) is 5.16 Å². The predicted molar refractivity (Wildman–Crippen MR) is 92.9 cm³/mol. The van der Waals surface area contributed by atoms with Gasteiger partial charge in [0.25, 0.3) is 5.91 Å². The number of aliphatic carboxylic acids is 1. The second kappa shape index (κ2) is 9.25. The van der Waals surface area contributed by atoms with E-state index in [-0.39, 0.29) is 29.7 Å². The number of carboxylic acid groups (broad SMARTS) is 1. The van der Waals surface area contributed by atoms with Crippen LogP contribution in [0.5, 0.6) is 0 Å². The normalized spacial score (nSPS) is 21.7. The van der Waals surface area contributed by atoms with Gasteiger partial charge in [-0.25, -0.2) is 4.79 Å². The molecule has 0 unspecified atom stereocenters. The van der Waals surface area contributed by atoms with Crippen molar-refractivity contribution in [2.75, 3.05) is 33.7 Å². The summed E-state index contributed by atoms with van der Waals surface area (Å²) < 4.78 is 36.7. The van der Waals surface area contributed by atoms with Gasteiger partial charge < -0.3 is 24.3 Å². The lowest BCUT2D eigenvalue weighted by atomic mass is 9.96. The highest BCUT2D eigenvalue weighted by atomic mass is 19.4. The summed E-state index contributed by atoms with van der Waals surface area (Å²) in [6, 6.07) is 1.82. The summed E-state index contributed by atoms with van der Waals surface area (Å²) in [6.07, 6.45) is -1.52. The van der Waals surface area contributed by atoms with Crippen LogP contribution < -0.4 is 0 Å². The highest BCUT2D eigenvalue weighted by Crippen LogP contribution is 2.32. The number of hydrogen-bond acceptors (Lipinski definition) is 6. The smallest absolute Gasteiger partial charge is 0.475 e. The molecule has 3 heterocycles.